The summed E-state index contributed by atoms with van der Waals surface area (Å²) in [7, 11) is 0. The van der Waals surface area contributed by atoms with Crippen LogP contribution in [0, 0.1) is 25.2 Å². The zero-order valence-electron chi connectivity index (χ0n) is 7.71. The van der Waals surface area contributed by atoms with Gasteiger partial charge in [0.1, 0.15) is 0 Å². The first kappa shape index (κ1) is 10.2. The van der Waals surface area contributed by atoms with Gasteiger partial charge in [-0.3, -0.25) is 4.98 Å². The van der Waals surface area contributed by atoms with Gasteiger partial charge in [0.15, 0.2) is 0 Å². The summed E-state index contributed by atoms with van der Waals surface area (Å²) in [6.45, 7) is 3.99. The van der Waals surface area contributed by atoms with Crippen molar-refractivity contribution in [2.45, 2.75) is 19.8 Å². The number of aromatic nitrogens is 1. The standard InChI is InChI=1S/C10H11BrN2/c1-7-3-8(2)10(13-6-7)9(4-11)5-12/h3,6,9H,4H2,1-2H3. The number of rotatable bonds is 2. The molecule has 0 spiro atoms. The lowest BCUT2D eigenvalue weighted by Crippen LogP contribution is -2.03. The summed E-state index contributed by atoms with van der Waals surface area (Å²) in [5.74, 6) is -0.138. The SMILES string of the molecule is Cc1cnc(C(C#N)CBr)c(C)c1. The van der Waals surface area contributed by atoms with Crippen LogP contribution in [0.2, 0.25) is 0 Å². The second kappa shape index (κ2) is 4.38. The fourth-order valence-electron chi connectivity index (χ4n) is 1.26. The predicted molar refractivity (Wildman–Crippen MR) is 55.9 cm³/mol. The zero-order chi connectivity index (χ0) is 9.84. The normalized spacial score (nSPS) is 12.2. The van der Waals surface area contributed by atoms with Crippen LogP contribution in [-0.4, -0.2) is 10.3 Å². The molecule has 0 bridgehead atoms. The number of hydrogen-bond acceptors (Lipinski definition) is 2. The molecule has 0 saturated carbocycles. The zero-order valence-corrected chi connectivity index (χ0v) is 9.30. The van der Waals surface area contributed by atoms with E-state index in [2.05, 4.69) is 33.0 Å². The number of alkyl halides is 1. The van der Waals surface area contributed by atoms with E-state index in [0.29, 0.717) is 5.33 Å². The van der Waals surface area contributed by atoms with Crippen LogP contribution in [0.4, 0.5) is 0 Å². The van der Waals surface area contributed by atoms with Crippen molar-refractivity contribution in [3.8, 4) is 6.07 Å². The lowest BCUT2D eigenvalue weighted by Gasteiger charge is -2.08. The van der Waals surface area contributed by atoms with E-state index in [4.69, 9.17) is 5.26 Å². The fraction of sp³-hybridized carbons (Fsp3) is 0.400. The molecule has 2 nitrogen and oxygen atoms in total. The molecule has 0 aromatic carbocycles. The maximum absolute atomic E-state index is 8.85. The van der Waals surface area contributed by atoms with Crippen molar-refractivity contribution in [2.75, 3.05) is 5.33 Å². The maximum atomic E-state index is 8.85. The highest BCUT2D eigenvalue weighted by Gasteiger charge is 2.12. The van der Waals surface area contributed by atoms with Gasteiger partial charge in [-0.15, -0.1) is 0 Å². The molecular weight excluding hydrogens is 228 g/mol. The summed E-state index contributed by atoms with van der Waals surface area (Å²) >= 11 is 3.30. The monoisotopic (exact) mass is 238 g/mol. The van der Waals surface area contributed by atoms with Gasteiger partial charge >= 0.3 is 0 Å². The Balaban J connectivity index is 3.09. The summed E-state index contributed by atoms with van der Waals surface area (Å²) < 4.78 is 0. The summed E-state index contributed by atoms with van der Waals surface area (Å²) in [5.41, 5.74) is 3.10. The van der Waals surface area contributed by atoms with Gasteiger partial charge in [-0.1, -0.05) is 22.0 Å². The van der Waals surface area contributed by atoms with Crippen LogP contribution >= 0.6 is 15.9 Å². The third-order valence-corrected chi connectivity index (χ3v) is 2.54. The van der Waals surface area contributed by atoms with E-state index >= 15 is 0 Å². The number of hydrogen-bond donors (Lipinski definition) is 0. The Kier molecular flexibility index (Phi) is 3.44. The molecule has 1 aromatic rings. The van der Waals surface area contributed by atoms with E-state index in [-0.39, 0.29) is 5.92 Å². The molecule has 1 aromatic heterocycles. The Labute approximate surface area is 86.7 Å². The van der Waals surface area contributed by atoms with Crippen molar-refractivity contribution < 1.29 is 0 Å². The molecule has 3 heteroatoms. The molecule has 1 unspecified atom stereocenters. The molecule has 0 aliphatic heterocycles. The van der Waals surface area contributed by atoms with Gasteiger partial charge in [-0.25, -0.2) is 0 Å². The van der Waals surface area contributed by atoms with Crippen LogP contribution in [0.25, 0.3) is 0 Å². The Hall–Kier alpha value is -0.880. The van der Waals surface area contributed by atoms with Crippen LogP contribution in [0.3, 0.4) is 0 Å². The van der Waals surface area contributed by atoms with Gasteiger partial charge < -0.3 is 0 Å². The molecule has 13 heavy (non-hydrogen) atoms. The average molecular weight is 239 g/mol. The minimum atomic E-state index is -0.138. The predicted octanol–water partition coefficient (Wildman–Crippen LogP) is 2.70. The van der Waals surface area contributed by atoms with Crippen molar-refractivity contribution in [3.05, 3.63) is 29.1 Å². The smallest absolute Gasteiger partial charge is 0.0983 e. The summed E-state index contributed by atoms with van der Waals surface area (Å²) in [5, 5.41) is 9.49. The molecule has 1 atom stereocenters. The molecule has 0 fully saturated rings. The largest absolute Gasteiger partial charge is 0.259 e. The van der Waals surface area contributed by atoms with Gasteiger partial charge in [-0.05, 0) is 25.0 Å². The minimum absolute atomic E-state index is 0.138. The Bertz CT molecular complexity index is 341. The van der Waals surface area contributed by atoms with E-state index in [0.717, 1.165) is 16.8 Å². The summed E-state index contributed by atoms with van der Waals surface area (Å²) in [6, 6.07) is 4.27. The highest BCUT2D eigenvalue weighted by Crippen LogP contribution is 2.19. The second-order valence-electron chi connectivity index (χ2n) is 3.05. The van der Waals surface area contributed by atoms with Crippen LogP contribution in [0.15, 0.2) is 12.3 Å². The van der Waals surface area contributed by atoms with E-state index < -0.39 is 0 Å². The average Bonchev–Trinajstić information content (AvgIpc) is 2.10. The molecule has 0 radical (unpaired) electrons. The molecule has 1 rings (SSSR count). The van der Waals surface area contributed by atoms with E-state index in [1.54, 1.807) is 6.20 Å². The highest BCUT2D eigenvalue weighted by atomic mass is 79.9. The third kappa shape index (κ3) is 2.28. The van der Waals surface area contributed by atoms with Crippen molar-refractivity contribution in [2.24, 2.45) is 0 Å². The van der Waals surface area contributed by atoms with Crippen LogP contribution in [0.5, 0.6) is 0 Å². The number of halogens is 1. The van der Waals surface area contributed by atoms with Crippen LogP contribution in [-0.2, 0) is 0 Å². The number of nitriles is 1. The molecule has 0 N–H and O–H groups in total. The third-order valence-electron chi connectivity index (χ3n) is 1.90. The molecule has 1 heterocycles. The highest BCUT2D eigenvalue weighted by molar-refractivity contribution is 9.09. The minimum Gasteiger partial charge on any atom is -0.259 e. The molecule has 0 aliphatic carbocycles. The van der Waals surface area contributed by atoms with Gasteiger partial charge in [0, 0.05) is 11.5 Å². The van der Waals surface area contributed by atoms with Crippen LogP contribution < -0.4 is 0 Å². The Morgan fingerprint density at radius 3 is 2.77 bits per heavy atom. The Morgan fingerprint density at radius 1 is 1.62 bits per heavy atom. The van der Waals surface area contributed by atoms with Crippen molar-refractivity contribution >= 4 is 15.9 Å². The number of pyridine rings is 1. The fourth-order valence-corrected chi connectivity index (χ4v) is 1.71. The van der Waals surface area contributed by atoms with Gasteiger partial charge in [0.25, 0.3) is 0 Å². The Morgan fingerprint density at radius 2 is 2.31 bits per heavy atom. The lowest BCUT2D eigenvalue weighted by atomic mass is 10.0. The first-order valence-corrected chi connectivity index (χ1v) is 5.20. The molecular formula is C10H11BrN2. The van der Waals surface area contributed by atoms with Crippen molar-refractivity contribution in [1.29, 1.82) is 5.26 Å². The van der Waals surface area contributed by atoms with E-state index in [1.807, 2.05) is 13.8 Å². The second-order valence-corrected chi connectivity index (χ2v) is 3.70. The van der Waals surface area contributed by atoms with E-state index in [9.17, 15) is 0 Å². The maximum Gasteiger partial charge on any atom is 0.0983 e. The molecule has 0 amide bonds. The first-order valence-electron chi connectivity index (χ1n) is 4.07. The molecule has 68 valence electrons. The van der Waals surface area contributed by atoms with E-state index in [1.165, 1.54) is 0 Å². The topological polar surface area (TPSA) is 36.7 Å². The van der Waals surface area contributed by atoms with Crippen molar-refractivity contribution in [1.82, 2.24) is 4.98 Å². The quantitative estimate of drug-likeness (QED) is 0.744. The van der Waals surface area contributed by atoms with Gasteiger partial charge in [0.2, 0.25) is 0 Å². The van der Waals surface area contributed by atoms with Gasteiger partial charge in [0.05, 0.1) is 17.7 Å². The number of aryl methyl sites for hydroxylation is 2. The van der Waals surface area contributed by atoms with Gasteiger partial charge in [-0.2, -0.15) is 5.26 Å². The molecule has 0 saturated heterocycles. The van der Waals surface area contributed by atoms with Crippen LogP contribution in [0.1, 0.15) is 22.7 Å². The summed E-state index contributed by atoms with van der Waals surface area (Å²) in [6.07, 6.45) is 1.80. The summed E-state index contributed by atoms with van der Waals surface area (Å²) in [4.78, 5) is 4.27. The lowest BCUT2D eigenvalue weighted by molar-refractivity contribution is 0.916. The van der Waals surface area contributed by atoms with Crippen molar-refractivity contribution in [3.63, 3.8) is 0 Å². The number of nitrogens with zero attached hydrogens (tertiary/aromatic N) is 2. The molecule has 0 aliphatic rings. The first-order chi connectivity index (χ1) is 6.19.